The molecule has 3 aromatic rings. The molecule has 0 aliphatic carbocycles. The van der Waals surface area contributed by atoms with Crippen LogP contribution in [0.3, 0.4) is 0 Å². The monoisotopic (exact) mass is 498 g/mol. The quantitative estimate of drug-likeness (QED) is 0.283. The number of fused-ring (bicyclic) bond motifs is 1. The molecular weight excluding hydrogens is 480 g/mol. The topological polar surface area (TPSA) is 168 Å². The van der Waals surface area contributed by atoms with E-state index in [0.29, 0.717) is 10.7 Å². The van der Waals surface area contributed by atoms with E-state index in [2.05, 4.69) is 25.9 Å². The molecule has 12 nitrogen and oxygen atoms in total. The first-order valence-electron chi connectivity index (χ1n) is 10.4. The van der Waals surface area contributed by atoms with E-state index in [0.717, 1.165) is 0 Å². The SMILES string of the molecule is CCOc1cc([N+](=O)[O-])ccc1NC(=O)[C@H]1CC(=O)Nc2nc(Nc3ccc(Cl)cc3)[nH]c(=O)c21. The summed E-state index contributed by atoms with van der Waals surface area (Å²) in [4.78, 5) is 55.7. The highest BCUT2D eigenvalue weighted by molar-refractivity contribution is 6.30. The van der Waals surface area contributed by atoms with Crippen molar-refractivity contribution in [1.29, 1.82) is 0 Å². The molecule has 0 saturated carbocycles. The predicted octanol–water partition coefficient (Wildman–Crippen LogP) is 3.54. The van der Waals surface area contributed by atoms with Crippen molar-refractivity contribution in [2.45, 2.75) is 19.3 Å². The van der Waals surface area contributed by atoms with Crippen LogP contribution in [0.5, 0.6) is 5.75 Å². The third kappa shape index (κ3) is 5.22. The lowest BCUT2D eigenvalue weighted by molar-refractivity contribution is -0.384. The lowest BCUT2D eigenvalue weighted by Crippen LogP contribution is -2.36. The number of carbonyl (C=O) groups excluding carboxylic acids is 2. The van der Waals surface area contributed by atoms with Crippen molar-refractivity contribution in [1.82, 2.24) is 9.97 Å². The number of aromatic nitrogens is 2. The van der Waals surface area contributed by atoms with Crippen LogP contribution in [0.25, 0.3) is 0 Å². The number of non-ortho nitro benzene ring substituents is 1. The van der Waals surface area contributed by atoms with Gasteiger partial charge in [0.25, 0.3) is 11.2 Å². The zero-order valence-electron chi connectivity index (χ0n) is 18.3. The molecule has 35 heavy (non-hydrogen) atoms. The standard InChI is InChI=1S/C22H19ClN6O6/c1-2-35-16-9-13(29(33)34)7-8-15(16)25-20(31)14-10-17(30)26-19-18(14)21(32)28-22(27-19)24-12-5-3-11(23)4-6-12/h3-9,14H,2,10H2,1H3,(H,25,31)(H3,24,26,27,28,30,32)/t14-/m0/s1. The van der Waals surface area contributed by atoms with Crippen molar-refractivity contribution >= 4 is 52.2 Å². The molecule has 0 spiro atoms. The first-order valence-corrected chi connectivity index (χ1v) is 10.8. The second kappa shape index (κ2) is 9.81. The maximum absolute atomic E-state index is 13.1. The molecule has 0 unspecified atom stereocenters. The van der Waals surface area contributed by atoms with Gasteiger partial charge in [-0.25, -0.2) is 0 Å². The number of hydrogen-bond acceptors (Lipinski definition) is 8. The summed E-state index contributed by atoms with van der Waals surface area (Å²) in [5, 5.41) is 19.6. The van der Waals surface area contributed by atoms with E-state index in [1.54, 1.807) is 31.2 Å². The Morgan fingerprint density at radius 1 is 1.26 bits per heavy atom. The molecule has 2 aromatic carbocycles. The number of benzene rings is 2. The van der Waals surface area contributed by atoms with Crippen molar-refractivity contribution in [3.63, 3.8) is 0 Å². The number of nitro groups is 1. The number of nitrogens with one attached hydrogen (secondary N) is 4. The van der Waals surface area contributed by atoms with Gasteiger partial charge in [0.05, 0.1) is 34.8 Å². The number of nitro benzene ring substituents is 1. The molecule has 4 N–H and O–H groups in total. The molecule has 0 saturated heterocycles. The zero-order chi connectivity index (χ0) is 25.1. The molecular formula is C22H19ClN6O6. The molecule has 1 atom stereocenters. The summed E-state index contributed by atoms with van der Waals surface area (Å²) in [5.74, 6) is -2.21. The molecule has 1 aliphatic rings. The van der Waals surface area contributed by atoms with Crippen LogP contribution in [0.15, 0.2) is 47.3 Å². The molecule has 0 fully saturated rings. The van der Waals surface area contributed by atoms with E-state index in [9.17, 15) is 24.5 Å². The van der Waals surface area contributed by atoms with Crippen LogP contribution >= 0.6 is 11.6 Å². The van der Waals surface area contributed by atoms with Gasteiger partial charge in [0, 0.05) is 23.2 Å². The Morgan fingerprint density at radius 2 is 2.00 bits per heavy atom. The van der Waals surface area contributed by atoms with Crippen molar-refractivity contribution < 1.29 is 19.2 Å². The number of amides is 2. The Bertz CT molecular complexity index is 1370. The molecule has 13 heteroatoms. The number of aromatic amines is 1. The van der Waals surface area contributed by atoms with Crippen LogP contribution in [0.2, 0.25) is 5.02 Å². The highest BCUT2D eigenvalue weighted by Crippen LogP contribution is 2.33. The van der Waals surface area contributed by atoms with Gasteiger partial charge >= 0.3 is 0 Å². The first kappa shape index (κ1) is 23.7. The van der Waals surface area contributed by atoms with E-state index in [1.807, 2.05) is 0 Å². The molecule has 2 amide bonds. The largest absolute Gasteiger partial charge is 0.491 e. The maximum Gasteiger partial charge on any atom is 0.273 e. The number of anilines is 4. The fourth-order valence-electron chi connectivity index (χ4n) is 3.55. The highest BCUT2D eigenvalue weighted by Gasteiger charge is 2.35. The van der Waals surface area contributed by atoms with Gasteiger partial charge < -0.3 is 20.7 Å². The summed E-state index contributed by atoms with van der Waals surface area (Å²) < 4.78 is 5.41. The van der Waals surface area contributed by atoms with Crippen LogP contribution < -0.4 is 26.2 Å². The summed E-state index contributed by atoms with van der Waals surface area (Å²) >= 11 is 5.88. The number of nitrogens with zero attached hydrogens (tertiary/aromatic N) is 2. The Morgan fingerprint density at radius 3 is 2.69 bits per heavy atom. The molecule has 1 aromatic heterocycles. The van der Waals surface area contributed by atoms with Crippen molar-refractivity contribution in [2.75, 3.05) is 22.6 Å². The van der Waals surface area contributed by atoms with Crippen LogP contribution in [0.1, 0.15) is 24.8 Å². The molecule has 180 valence electrons. The number of carbonyl (C=O) groups is 2. The average molecular weight is 499 g/mol. The zero-order valence-corrected chi connectivity index (χ0v) is 19.0. The first-order chi connectivity index (χ1) is 16.7. The van der Waals surface area contributed by atoms with Gasteiger partial charge in [-0.2, -0.15) is 4.98 Å². The molecule has 4 rings (SSSR count). The summed E-state index contributed by atoms with van der Waals surface area (Å²) in [6.45, 7) is 1.89. The number of rotatable bonds is 7. The van der Waals surface area contributed by atoms with Crippen LogP contribution in [-0.2, 0) is 9.59 Å². The van der Waals surface area contributed by atoms with Gasteiger partial charge in [-0.1, -0.05) is 11.6 Å². The molecule has 1 aliphatic heterocycles. The number of hydrogen-bond donors (Lipinski definition) is 4. The molecule has 0 bridgehead atoms. The summed E-state index contributed by atoms with van der Waals surface area (Å²) in [7, 11) is 0. The van der Waals surface area contributed by atoms with Gasteiger partial charge in [0.15, 0.2) is 0 Å². The predicted molar refractivity (Wildman–Crippen MR) is 128 cm³/mol. The minimum atomic E-state index is -1.15. The fourth-order valence-corrected chi connectivity index (χ4v) is 3.67. The second-order valence-electron chi connectivity index (χ2n) is 7.47. The van der Waals surface area contributed by atoms with Gasteiger partial charge in [-0.3, -0.25) is 29.5 Å². The lowest BCUT2D eigenvalue weighted by atomic mass is 9.92. The normalized spacial score (nSPS) is 14.5. The van der Waals surface area contributed by atoms with Crippen molar-refractivity contribution in [3.05, 3.63) is 73.5 Å². The van der Waals surface area contributed by atoms with Crippen LogP contribution in [-0.4, -0.2) is 33.3 Å². The second-order valence-corrected chi connectivity index (χ2v) is 7.91. The van der Waals surface area contributed by atoms with Crippen LogP contribution in [0.4, 0.5) is 28.8 Å². The van der Waals surface area contributed by atoms with Gasteiger partial charge in [0.2, 0.25) is 17.8 Å². The Kier molecular flexibility index (Phi) is 6.64. The minimum Gasteiger partial charge on any atom is -0.491 e. The third-order valence-electron chi connectivity index (χ3n) is 5.11. The van der Waals surface area contributed by atoms with Gasteiger partial charge in [-0.15, -0.1) is 0 Å². The Hall–Kier alpha value is -4.45. The average Bonchev–Trinajstić information content (AvgIpc) is 2.81. The van der Waals surface area contributed by atoms with E-state index in [4.69, 9.17) is 16.3 Å². The Labute approximate surface area is 202 Å². The van der Waals surface area contributed by atoms with Crippen molar-refractivity contribution in [3.8, 4) is 5.75 Å². The lowest BCUT2D eigenvalue weighted by Gasteiger charge is -2.24. The van der Waals surface area contributed by atoms with E-state index >= 15 is 0 Å². The fraction of sp³-hybridized carbons (Fsp3) is 0.182. The van der Waals surface area contributed by atoms with E-state index in [1.165, 1.54) is 18.2 Å². The summed E-state index contributed by atoms with van der Waals surface area (Å²) in [6.07, 6.45) is -0.287. The third-order valence-corrected chi connectivity index (χ3v) is 5.36. The van der Waals surface area contributed by atoms with E-state index < -0.39 is 28.2 Å². The number of H-pyrrole nitrogens is 1. The van der Waals surface area contributed by atoms with E-state index in [-0.39, 0.29) is 47.5 Å². The van der Waals surface area contributed by atoms with Gasteiger partial charge in [0.1, 0.15) is 11.6 Å². The minimum absolute atomic E-state index is 0.0105. The highest BCUT2D eigenvalue weighted by atomic mass is 35.5. The molecule has 0 radical (unpaired) electrons. The van der Waals surface area contributed by atoms with Crippen LogP contribution in [0, 0.1) is 10.1 Å². The van der Waals surface area contributed by atoms with Gasteiger partial charge in [-0.05, 0) is 37.3 Å². The number of ether oxygens (including phenoxy) is 1. The number of halogens is 1. The summed E-state index contributed by atoms with van der Waals surface area (Å²) in [6, 6.07) is 10.4. The maximum atomic E-state index is 13.1. The smallest absolute Gasteiger partial charge is 0.273 e. The molecule has 2 heterocycles. The van der Waals surface area contributed by atoms with Crippen molar-refractivity contribution in [2.24, 2.45) is 0 Å². The Balaban J connectivity index is 1.63. The summed E-state index contributed by atoms with van der Waals surface area (Å²) in [5.41, 5.74) is -0.0740.